The van der Waals surface area contributed by atoms with E-state index in [1.165, 1.54) is 4.90 Å². The van der Waals surface area contributed by atoms with Crippen molar-refractivity contribution < 1.29 is 19.5 Å². The van der Waals surface area contributed by atoms with Crippen LogP contribution in [-0.4, -0.2) is 59.4 Å². The van der Waals surface area contributed by atoms with Crippen molar-refractivity contribution in [3.8, 4) is 0 Å². The van der Waals surface area contributed by atoms with Gasteiger partial charge in [-0.05, 0) is 12.8 Å². The van der Waals surface area contributed by atoms with Gasteiger partial charge in [-0.15, -0.1) is 0 Å². The Morgan fingerprint density at radius 1 is 1.26 bits per heavy atom. The van der Waals surface area contributed by atoms with Crippen molar-refractivity contribution in [2.75, 3.05) is 26.7 Å². The molecule has 1 saturated carbocycles. The molecule has 0 aromatic rings. The van der Waals surface area contributed by atoms with Crippen molar-refractivity contribution in [2.45, 2.75) is 32.1 Å². The van der Waals surface area contributed by atoms with Crippen LogP contribution in [0.2, 0.25) is 0 Å². The van der Waals surface area contributed by atoms with Crippen LogP contribution in [-0.2, 0) is 14.4 Å². The van der Waals surface area contributed by atoms with Gasteiger partial charge in [0.05, 0.1) is 12.0 Å². The molecule has 0 spiro atoms. The lowest BCUT2D eigenvalue weighted by molar-refractivity contribution is -0.155. The van der Waals surface area contributed by atoms with E-state index in [1.807, 2.05) is 0 Å². The molecule has 1 N–H and O–H groups in total. The second kappa shape index (κ2) is 5.19. The molecule has 1 heterocycles. The number of carboxylic acids is 1. The van der Waals surface area contributed by atoms with Gasteiger partial charge in [0, 0.05) is 26.6 Å². The summed E-state index contributed by atoms with van der Waals surface area (Å²) in [4.78, 5) is 38.3. The summed E-state index contributed by atoms with van der Waals surface area (Å²) in [5, 5.41) is 9.36. The summed E-state index contributed by atoms with van der Waals surface area (Å²) >= 11 is 0. The van der Waals surface area contributed by atoms with Crippen LogP contribution < -0.4 is 0 Å². The molecule has 0 atom stereocenters. The van der Waals surface area contributed by atoms with Gasteiger partial charge in [0.15, 0.2) is 0 Å². The molecular weight excluding hydrogens is 248 g/mol. The molecule has 6 nitrogen and oxygen atoms in total. The predicted octanol–water partition coefficient (Wildman–Crippen LogP) is 0.322. The molecule has 1 saturated heterocycles. The number of piperazine rings is 1. The molecule has 6 heteroatoms. The summed E-state index contributed by atoms with van der Waals surface area (Å²) in [6, 6.07) is 0. The normalized spacial score (nSPS) is 22.7. The van der Waals surface area contributed by atoms with Crippen LogP contribution in [0.15, 0.2) is 0 Å². The SMILES string of the molecule is CN1CCN(C(=O)CC2(C(=O)O)CCCC2)CC1=O. The van der Waals surface area contributed by atoms with Crippen molar-refractivity contribution in [1.82, 2.24) is 9.80 Å². The molecule has 1 aliphatic carbocycles. The summed E-state index contributed by atoms with van der Waals surface area (Å²) in [6.45, 7) is 1.09. The van der Waals surface area contributed by atoms with Gasteiger partial charge >= 0.3 is 5.97 Å². The third-order valence-corrected chi connectivity index (χ3v) is 4.31. The van der Waals surface area contributed by atoms with E-state index in [0.717, 1.165) is 12.8 Å². The Hall–Kier alpha value is -1.59. The molecule has 0 radical (unpaired) electrons. The molecule has 106 valence electrons. The third-order valence-electron chi connectivity index (χ3n) is 4.31. The number of hydrogen-bond acceptors (Lipinski definition) is 3. The van der Waals surface area contributed by atoms with Crippen LogP contribution in [0.3, 0.4) is 0 Å². The molecule has 2 amide bonds. The maximum atomic E-state index is 12.2. The summed E-state index contributed by atoms with van der Waals surface area (Å²) in [7, 11) is 1.71. The van der Waals surface area contributed by atoms with Crippen LogP contribution in [0.1, 0.15) is 32.1 Å². The van der Waals surface area contributed by atoms with Crippen molar-refractivity contribution >= 4 is 17.8 Å². The average molecular weight is 268 g/mol. The van der Waals surface area contributed by atoms with Crippen molar-refractivity contribution in [3.05, 3.63) is 0 Å². The van der Waals surface area contributed by atoms with E-state index in [1.54, 1.807) is 11.9 Å². The Balaban J connectivity index is 2.00. The molecule has 19 heavy (non-hydrogen) atoms. The molecule has 0 unspecified atom stereocenters. The molecule has 0 aromatic heterocycles. The van der Waals surface area contributed by atoms with Gasteiger partial charge in [-0.1, -0.05) is 12.8 Å². The summed E-state index contributed by atoms with van der Waals surface area (Å²) in [5.74, 6) is -1.17. The number of rotatable bonds is 3. The summed E-state index contributed by atoms with van der Waals surface area (Å²) in [5.41, 5.74) is -0.899. The van der Waals surface area contributed by atoms with Crippen LogP contribution in [0.4, 0.5) is 0 Å². The summed E-state index contributed by atoms with van der Waals surface area (Å²) in [6.07, 6.45) is 2.88. The number of carbonyl (C=O) groups is 3. The number of nitrogens with zero attached hydrogens (tertiary/aromatic N) is 2. The number of aliphatic carboxylic acids is 1. The molecule has 0 aromatic carbocycles. The number of carbonyl (C=O) groups excluding carboxylic acids is 2. The van der Waals surface area contributed by atoms with Crippen LogP contribution >= 0.6 is 0 Å². The topological polar surface area (TPSA) is 77.9 Å². The minimum absolute atomic E-state index is 0.0271. The number of amides is 2. The Kier molecular flexibility index (Phi) is 3.78. The van der Waals surface area contributed by atoms with E-state index in [-0.39, 0.29) is 24.8 Å². The first kappa shape index (κ1) is 13.8. The van der Waals surface area contributed by atoms with E-state index in [2.05, 4.69) is 0 Å². The Morgan fingerprint density at radius 2 is 1.89 bits per heavy atom. The Bertz CT molecular complexity index is 401. The molecule has 0 bridgehead atoms. The van der Waals surface area contributed by atoms with Gasteiger partial charge in [0.2, 0.25) is 11.8 Å². The number of carboxylic acid groups (broad SMARTS) is 1. The lowest BCUT2D eigenvalue weighted by Crippen LogP contribution is -2.51. The average Bonchev–Trinajstić information content (AvgIpc) is 2.82. The third kappa shape index (κ3) is 2.72. The molecular formula is C13H20N2O4. The first-order valence-electron chi connectivity index (χ1n) is 6.70. The largest absolute Gasteiger partial charge is 0.481 e. The molecule has 2 rings (SSSR count). The second-order valence-corrected chi connectivity index (χ2v) is 5.60. The quantitative estimate of drug-likeness (QED) is 0.799. The van der Waals surface area contributed by atoms with Gasteiger partial charge < -0.3 is 14.9 Å². The van der Waals surface area contributed by atoms with E-state index in [0.29, 0.717) is 25.9 Å². The van der Waals surface area contributed by atoms with E-state index in [4.69, 9.17) is 0 Å². The van der Waals surface area contributed by atoms with Gasteiger partial charge in [0.25, 0.3) is 0 Å². The van der Waals surface area contributed by atoms with Crippen molar-refractivity contribution in [1.29, 1.82) is 0 Å². The highest BCUT2D eigenvalue weighted by molar-refractivity contribution is 5.89. The van der Waals surface area contributed by atoms with Crippen LogP contribution in [0.5, 0.6) is 0 Å². The highest BCUT2D eigenvalue weighted by Gasteiger charge is 2.44. The van der Waals surface area contributed by atoms with E-state index < -0.39 is 11.4 Å². The summed E-state index contributed by atoms with van der Waals surface area (Å²) < 4.78 is 0. The Labute approximate surface area is 112 Å². The van der Waals surface area contributed by atoms with Crippen molar-refractivity contribution in [2.24, 2.45) is 5.41 Å². The van der Waals surface area contributed by atoms with Crippen molar-refractivity contribution in [3.63, 3.8) is 0 Å². The van der Waals surface area contributed by atoms with Gasteiger partial charge in [-0.3, -0.25) is 14.4 Å². The smallest absolute Gasteiger partial charge is 0.310 e. The van der Waals surface area contributed by atoms with Crippen LogP contribution in [0, 0.1) is 5.41 Å². The maximum Gasteiger partial charge on any atom is 0.310 e. The minimum Gasteiger partial charge on any atom is -0.481 e. The molecule has 2 aliphatic rings. The molecule has 1 aliphatic heterocycles. The lowest BCUT2D eigenvalue weighted by Gasteiger charge is -2.34. The zero-order valence-electron chi connectivity index (χ0n) is 11.2. The highest BCUT2D eigenvalue weighted by Crippen LogP contribution is 2.41. The highest BCUT2D eigenvalue weighted by atomic mass is 16.4. The second-order valence-electron chi connectivity index (χ2n) is 5.60. The fourth-order valence-electron chi connectivity index (χ4n) is 2.89. The maximum absolute atomic E-state index is 12.2. The van der Waals surface area contributed by atoms with E-state index >= 15 is 0 Å². The van der Waals surface area contributed by atoms with E-state index in [9.17, 15) is 19.5 Å². The zero-order chi connectivity index (χ0) is 14.0. The standard InChI is InChI=1S/C13H20N2O4/c1-14-6-7-15(9-11(14)17)10(16)8-13(12(18)19)4-2-3-5-13/h2-9H2,1H3,(H,18,19). The van der Waals surface area contributed by atoms with Gasteiger partial charge in [-0.25, -0.2) is 0 Å². The van der Waals surface area contributed by atoms with Gasteiger partial charge in [0.1, 0.15) is 0 Å². The zero-order valence-corrected chi connectivity index (χ0v) is 11.2. The molecule has 2 fully saturated rings. The lowest BCUT2D eigenvalue weighted by atomic mass is 9.82. The first-order chi connectivity index (χ1) is 8.94. The number of likely N-dealkylation sites (N-methyl/N-ethyl adjacent to an activating group) is 1. The fraction of sp³-hybridized carbons (Fsp3) is 0.769. The number of hydrogen-bond donors (Lipinski definition) is 1. The first-order valence-corrected chi connectivity index (χ1v) is 6.70. The van der Waals surface area contributed by atoms with Gasteiger partial charge in [-0.2, -0.15) is 0 Å². The van der Waals surface area contributed by atoms with Crippen LogP contribution in [0.25, 0.3) is 0 Å². The minimum atomic E-state index is -0.899. The monoisotopic (exact) mass is 268 g/mol. The fourth-order valence-corrected chi connectivity index (χ4v) is 2.89. The Morgan fingerprint density at radius 3 is 2.42 bits per heavy atom. The predicted molar refractivity (Wildman–Crippen MR) is 67.4 cm³/mol.